The third-order valence-corrected chi connectivity index (χ3v) is 2.68. The van der Waals surface area contributed by atoms with Gasteiger partial charge in [-0.1, -0.05) is 24.3 Å². The van der Waals surface area contributed by atoms with Crippen LogP contribution in [0.3, 0.4) is 0 Å². The molecule has 2 aromatic rings. The molecule has 0 aliphatic rings. The minimum Gasteiger partial charge on any atom is -0.319 e. The van der Waals surface area contributed by atoms with Crippen LogP contribution in [0.1, 0.15) is 6.92 Å². The van der Waals surface area contributed by atoms with Crippen LogP contribution >= 0.6 is 0 Å². The van der Waals surface area contributed by atoms with E-state index in [2.05, 4.69) is 15.3 Å². The SMILES string of the molecule is C/C=C\C(=NC)C(=O)Nc1cccc2cccnc12. The van der Waals surface area contributed by atoms with Crippen molar-refractivity contribution in [3.05, 3.63) is 48.7 Å². The standard InChI is InChI=1S/C15H15N3O/c1-3-6-13(16-2)15(19)18-12-9-4-7-11-8-5-10-17-14(11)12/h3-10H,1-2H3,(H,18,19)/b6-3-,16-13?. The van der Waals surface area contributed by atoms with Gasteiger partial charge in [0.05, 0.1) is 11.2 Å². The van der Waals surface area contributed by atoms with Crippen molar-refractivity contribution < 1.29 is 4.79 Å². The monoisotopic (exact) mass is 253 g/mol. The number of carbonyl (C=O) groups excluding carboxylic acids is 1. The molecule has 0 aliphatic carbocycles. The van der Waals surface area contributed by atoms with Gasteiger partial charge in [0.2, 0.25) is 0 Å². The quantitative estimate of drug-likeness (QED) is 0.855. The number of anilines is 1. The van der Waals surface area contributed by atoms with Crippen molar-refractivity contribution in [1.82, 2.24) is 4.98 Å². The number of amides is 1. The Bertz CT molecular complexity index is 654. The zero-order valence-electron chi connectivity index (χ0n) is 10.9. The van der Waals surface area contributed by atoms with Gasteiger partial charge in [-0.05, 0) is 25.1 Å². The highest BCUT2D eigenvalue weighted by atomic mass is 16.1. The second kappa shape index (κ2) is 5.91. The lowest BCUT2D eigenvalue weighted by Gasteiger charge is -2.07. The molecular formula is C15H15N3O. The summed E-state index contributed by atoms with van der Waals surface area (Å²) >= 11 is 0. The Morgan fingerprint density at radius 2 is 2.11 bits per heavy atom. The Kier molecular flexibility index (Phi) is 4.03. The lowest BCUT2D eigenvalue weighted by molar-refractivity contribution is -0.110. The smallest absolute Gasteiger partial charge is 0.273 e. The van der Waals surface area contributed by atoms with Gasteiger partial charge in [-0.25, -0.2) is 0 Å². The number of nitrogens with zero attached hydrogens (tertiary/aromatic N) is 2. The van der Waals surface area contributed by atoms with E-state index in [1.54, 1.807) is 25.4 Å². The molecule has 1 aromatic heterocycles. The van der Waals surface area contributed by atoms with Gasteiger partial charge < -0.3 is 5.32 Å². The number of nitrogens with one attached hydrogen (secondary N) is 1. The van der Waals surface area contributed by atoms with Crippen LogP contribution in [0, 0.1) is 0 Å². The summed E-state index contributed by atoms with van der Waals surface area (Å²) in [6, 6.07) is 9.50. The van der Waals surface area contributed by atoms with E-state index in [-0.39, 0.29) is 5.91 Å². The van der Waals surface area contributed by atoms with Crippen LogP contribution in [0.15, 0.2) is 53.7 Å². The third-order valence-electron chi connectivity index (χ3n) is 2.68. The van der Waals surface area contributed by atoms with E-state index < -0.39 is 0 Å². The van der Waals surface area contributed by atoms with Crippen molar-refractivity contribution in [2.45, 2.75) is 6.92 Å². The van der Waals surface area contributed by atoms with E-state index in [1.807, 2.05) is 37.3 Å². The van der Waals surface area contributed by atoms with E-state index in [1.165, 1.54) is 0 Å². The number of hydrogen-bond acceptors (Lipinski definition) is 3. The molecule has 96 valence electrons. The summed E-state index contributed by atoms with van der Waals surface area (Å²) in [4.78, 5) is 20.3. The van der Waals surface area contributed by atoms with Gasteiger partial charge in [-0.15, -0.1) is 0 Å². The number of pyridine rings is 1. The third kappa shape index (κ3) is 2.85. The lowest BCUT2D eigenvalue weighted by atomic mass is 10.2. The minimum absolute atomic E-state index is 0.237. The Morgan fingerprint density at radius 1 is 1.32 bits per heavy atom. The molecule has 0 saturated carbocycles. The molecule has 1 aromatic carbocycles. The van der Waals surface area contributed by atoms with Crippen molar-refractivity contribution in [3.8, 4) is 0 Å². The molecule has 4 nitrogen and oxygen atoms in total. The minimum atomic E-state index is -0.237. The molecule has 19 heavy (non-hydrogen) atoms. The summed E-state index contributed by atoms with van der Waals surface area (Å²) in [6.07, 6.45) is 5.16. The molecule has 0 atom stereocenters. The number of benzene rings is 1. The van der Waals surface area contributed by atoms with Gasteiger partial charge in [-0.2, -0.15) is 0 Å². The molecule has 1 heterocycles. The topological polar surface area (TPSA) is 54.4 Å². The Morgan fingerprint density at radius 3 is 2.84 bits per heavy atom. The van der Waals surface area contributed by atoms with Crippen LogP contribution in [0.25, 0.3) is 10.9 Å². The molecule has 0 spiro atoms. The number of carbonyl (C=O) groups is 1. The zero-order chi connectivity index (χ0) is 13.7. The number of aromatic nitrogens is 1. The van der Waals surface area contributed by atoms with Crippen LogP contribution < -0.4 is 5.32 Å². The number of allylic oxidation sites excluding steroid dienone is 1. The van der Waals surface area contributed by atoms with Crippen LogP contribution in [0.2, 0.25) is 0 Å². The molecule has 0 bridgehead atoms. The van der Waals surface area contributed by atoms with E-state index in [9.17, 15) is 4.79 Å². The van der Waals surface area contributed by atoms with Gasteiger partial charge in [0.25, 0.3) is 5.91 Å². The normalized spacial score (nSPS) is 12.0. The van der Waals surface area contributed by atoms with E-state index in [0.717, 1.165) is 10.9 Å². The molecule has 0 saturated heterocycles. The first-order valence-corrected chi connectivity index (χ1v) is 6.01. The van der Waals surface area contributed by atoms with Crippen LogP contribution in [0.5, 0.6) is 0 Å². The highest BCUT2D eigenvalue weighted by Gasteiger charge is 2.09. The number of fused-ring (bicyclic) bond motifs is 1. The maximum Gasteiger partial charge on any atom is 0.273 e. The summed E-state index contributed by atoms with van der Waals surface area (Å²) in [7, 11) is 1.59. The Balaban J connectivity index is 2.34. The molecule has 2 rings (SSSR count). The lowest BCUT2D eigenvalue weighted by Crippen LogP contribution is -2.21. The van der Waals surface area contributed by atoms with E-state index in [4.69, 9.17) is 0 Å². The maximum absolute atomic E-state index is 12.1. The summed E-state index contributed by atoms with van der Waals surface area (Å²) in [5.41, 5.74) is 1.85. The molecule has 0 fully saturated rings. The fourth-order valence-electron chi connectivity index (χ4n) is 1.80. The highest BCUT2D eigenvalue weighted by Crippen LogP contribution is 2.20. The predicted octanol–water partition coefficient (Wildman–Crippen LogP) is 2.82. The average Bonchev–Trinajstić information content (AvgIpc) is 2.45. The van der Waals surface area contributed by atoms with Crippen molar-refractivity contribution >= 4 is 28.2 Å². The maximum atomic E-state index is 12.1. The van der Waals surface area contributed by atoms with Crippen molar-refractivity contribution in [2.24, 2.45) is 4.99 Å². The first kappa shape index (κ1) is 13.0. The van der Waals surface area contributed by atoms with Gasteiger partial charge >= 0.3 is 0 Å². The number of hydrogen-bond donors (Lipinski definition) is 1. The van der Waals surface area contributed by atoms with Crippen LogP contribution in [0.4, 0.5) is 5.69 Å². The molecular weight excluding hydrogens is 238 g/mol. The fourth-order valence-corrected chi connectivity index (χ4v) is 1.80. The largest absolute Gasteiger partial charge is 0.319 e. The van der Waals surface area contributed by atoms with E-state index >= 15 is 0 Å². The molecule has 0 aliphatic heterocycles. The molecule has 4 heteroatoms. The van der Waals surface area contributed by atoms with Crippen LogP contribution in [-0.2, 0) is 4.79 Å². The second-order valence-corrected chi connectivity index (χ2v) is 3.94. The fraction of sp³-hybridized carbons (Fsp3) is 0.133. The summed E-state index contributed by atoms with van der Waals surface area (Å²) < 4.78 is 0. The zero-order valence-corrected chi connectivity index (χ0v) is 10.9. The van der Waals surface area contributed by atoms with Gasteiger partial charge in [0.1, 0.15) is 5.71 Å². The highest BCUT2D eigenvalue weighted by molar-refractivity contribution is 6.47. The van der Waals surface area contributed by atoms with Gasteiger partial charge in [0.15, 0.2) is 0 Å². The van der Waals surface area contributed by atoms with Crippen molar-refractivity contribution in [1.29, 1.82) is 0 Å². The summed E-state index contributed by atoms with van der Waals surface area (Å²) in [6.45, 7) is 1.85. The number of rotatable bonds is 3. The number of para-hydroxylation sites is 1. The molecule has 0 radical (unpaired) electrons. The molecule has 1 amide bonds. The predicted molar refractivity (Wildman–Crippen MR) is 78.5 cm³/mol. The Hall–Kier alpha value is -2.49. The molecule has 0 unspecified atom stereocenters. The van der Waals surface area contributed by atoms with Gasteiger partial charge in [0, 0.05) is 18.6 Å². The van der Waals surface area contributed by atoms with E-state index in [0.29, 0.717) is 11.4 Å². The van der Waals surface area contributed by atoms with Crippen LogP contribution in [-0.4, -0.2) is 23.7 Å². The van der Waals surface area contributed by atoms with Crippen molar-refractivity contribution in [2.75, 3.05) is 12.4 Å². The molecule has 1 N–H and O–H groups in total. The average molecular weight is 253 g/mol. The summed E-state index contributed by atoms with van der Waals surface area (Å²) in [5, 5.41) is 3.82. The summed E-state index contributed by atoms with van der Waals surface area (Å²) in [5.74, 6) is -0.237. The van der Waals surface area contributed by atoms with Gasteiger partial charge in [-0.3, -0.25) is 14.8 Å². The second-order valence-electron chi connectivity index (χ2n) is 3.94. The first-order chi connectivity index (χ1) is 9.26. The number of aliphatic imine (C=N–C) groups is 1. The first-order valence-electron chi connectivity index (χ1n) is 6.01. The van der Waals surface area contributed by atoms with Crippen molar-refractivity contribution in [3.63, 3.8) is 0 Å². The Labute approximate surface area is 111 Å².